The first-order valence-corrected chi connectivity index (χ1v) is 6.95. The Bertz CT molecular complexity index is 598. The molecule has 0 N–H and O–H groups in total. The van der Waals surface area contributed by atoms with Crippen molar-refractivity contribution in [2.24, 2.45) is 5.92 Å². The van der Waals surface area contributed by atoms with Gasteiger partial charge < -0.3 is 4.74 Å². The van der Waals surface area contributed by atoms with Crippen LogP contribution in [-0.4, -0.2) is 18.5 Å². The lowest BCUT2D eigenvalue weighted by Gasteiger charge is -2.16. The normalized spacial score (nSPS) is 22.8. The molecule has 2 aromatic carbocycles. The van der Waals surface area contributed by atoms with Crippen LogP contribution in [0.4, 0.5) is 0 Å². The zero-order valence-corrected chi connectivity index (χ0v) is 11.1. The van der Waals surface area contributed by atoms with Gasteiger partial charge in [0, 0.05) is 12.2 Å². The Labute approximate surface area is 113 Å². The standard InChI is InChI=1S/C17H18O2/c1-2-16-15(10-11-19-16)17(18)14-9-5-7-12-6-3-4-8-13(12)14/h3-9,15-16H,2,10-11H2,1H3. The smallest absolute Gasteiger partial charge is 0.169 e. The zero-order valence-electron chi connectivity index (χ0n) is 11.1. The number of hydrogen-bond acceptors (Lipinski definition) is 2. The van der Waals surface area contributed by atoms with Crippen LogP contribution in [0.15, 0.2) is 42.5 Å². The van der Waals surface area contributed by atoms with Crippen molar-refractivity contribution in [2.75, 3.05) is 6.61 Å². The Morgan fingerprint density at radius 2 is 2.00 bits per heavy atom. The second-order valence-corrected chi connectivity index (χ2v) is 5.10. The lowest BCUT2D eigenvalue weighted by Crippen LogP contribution is -2.23. The van der Waals surface area contributed by atoms with E-state index in [1.807, 2.05) is 30.3 Å². The summed E-state index contributed by atoms with van der Waals surface area (Å²) in [4.78, 5) is 12.8. The molecular weight excluding hydrogens is 236 g/mol. The molecule has 2 nitrogen and oxygen atoms in total. The molecule has 19 heavy (non-hydrogen) atoms. The van der Waals surface area contributed by atoms with Crippen molar-refractivity contribution in [1.82, 2.24) is 0 Å². The highest BCUT2D eigenvalue weighted by Gasteiger charge is 2.33. The average Bonchev–Trinajstić information content (AvgIpc) is 2.94. The molecule has 1 aliphatic rings. The van der Waals surface area contributed by atoms with Crippen LogP contribution in [0.3, 0.4) is 0 Å². The predicted molar refractivity (Wildman–Crippen MR) is 76.4 cm³/mol. The molecule has 2 unspecified atom stereocenters. The van der Waals surface area contributed by atoms with Crippen molar-refractivity contribution in [3.8, 4) is 0 Å². The van der Waals surface area contributed by atoms with Gasteiger partial charge in [-0.3, -0.25) is 4.79 Å². The van der Waals surface area contributed by atoms with Crippen LogP contribution in [0.5, 0.6) is 0 Å². The van der Waals surface area contributed by atoms with Gasteiger partial charge >= 0.3 is 0 Å². The summed E-state index contributed by atoms with van der Waals surface area (Å²) in [5.74, 6) is 0.261. The van der Waals surface area contributed by atoms with Gasteiger partial charge in [-0.25, -0.2) is 0 Å². The van der Waals surface area contributed by atoms with Crippen LogP contribution in [0.2, 0.25) is 0 Å². The van der Waals surface area contributed by atoms with E-state index in [1.165, 1.54) is 0 Å². The minimum atomic E-state index is 0.0239. The molecule has 1 saturated heterocycles. The van der Waals surface area contributed by atoms with E-state index in [2.05, 4.69) is 19.1 Å². The van der Waals surface area contributed by atoms with E-state index in [4.69, 9.17) is 4.74 Å². The third-order valence-electron chi connectivity index (χ3n) is 4.00. The van der Waals surface area contributed by atoms with Crippen LogP contribution < -0.4 is 0 Å². The summed E-state index contributed by atoms with van der Waals surface area (Å²) < 4.78 is 5.65. The Hall–Kier alpha value is -1.67. The molecule has 0 spiro atoms. The maximum Gasteiger partial charge on any atom is 0.169 e. The van der Waals surface area contributed by atoms with Crippen molar-refractivity contribution < 1.29 is 9.53 Å². The quantitative estimate of drug-likeness (QED) is 0.778. The van der Waals surface area contributed by atoms with Gasteiger partial charge in [0.15, 0.2) is 5.78 Å². The first-order valence-electron chi connectivity index (χ1n) is 6.95. The van der Waals surface area contributed by atoms with Crippen LogP contribution in [0, 0.1) is 5.92 Å². The third kappa shape index (κ3) is 2.17. The van der Waals surface area contributed by atoms with Crippen LogP contribution >= 0.6 is 0 Å². The number of carbonyl (C=O) groups excluding carboxylic acids is 1. The number of hydrogen-bond donors (Lipinski definition) is 0. The summed E-state index contributed by atoms with van der Waals surface area (Å²) in [6.07, 6.45) is 1.84. The van der Waals surface area contributed by atoms with Crippen molar-refractivity contribution in [3.05, 3.63) is 48.0 Å². The molecule has 1 heterocycles. The number of ketones is 1. The lowest BCUT2D eigenvalue weighted by molar-refractivity contribution is 0.0690. The number of ether oxygens (including phenoxy) is 1. The predicted octanol–water partition coefficient (Wildman–Crippen LogP) is 3.84. The van der Waals surface area contributed by atoms with E-state index in [-0.39, 0.29) is 17.8 Å². The van der Waals surface area contributed by atoms with Gasteiger partial charge in [0.05, 0.1) is 12.0 Å². The highest BCUT2D eigenvalue weighted by molar-refractivity contribution is 6.09. The summed E-state index contributed by atoms with van der Waals surface area (Å²) in [5, 5.41) is 2.18. The van der Waals surface area contributed by atoms with E-state index in [0.29, 0.717) is 6.61 Å². The summed E-state index contributed by atoms with van der Waals surface area (Å²) in [6.45, 7) is 2.79. The number of rotatable bonds is 3. The third-order valence-corrected chi connectivity index (χ3v) is 4.00. The Balaban J connectivity index is 2.02. The first-order chi connectivity index (χ1) is 9.31. The summed E-state index contributed by atoms with van der Waals surface area (Å²) in [6, 6.07) is 14.0. The topological polar surface area (TPSA) is 26.3 Å². The van der Waals surface area contributed by atoms with Crippen molar-refractivity contribution in [2.45, 2.75) is 25.9 Å². The molecule has 2 heteroatoms. The molecule has 98 valence electrons. The molecule has 2 atom stereocenters. The average molecular weight is 254 g/mol. The van der Waals surface area contributed by atoms with Crippen molar-refractivity contribution in [3.63, 3.8) is 0 Å². The molecule has 0 bridgehead atoms. The van der Waals surface area contributed by atoms with Crippen LogP contribution in [0.1, 0.15) is 30.1 Å². The maximum absolute atomic E-state index is 12.8. The summed E-state index contributed by atoms with van der Waals surface area (Å²) >= 11 is 0. The number of Topliss-reactive ketones (excluding diaryl/α,β-unsaturated/α-hetero) is 1. The van der Waals surface area contributed by atoms with Crippen molar-refractivity contribution in [1.29, 1.82) is 0 Å². The molecule has 0 aromatic heterocycles. The largest absolute Gasteiger partial charge is 0.377 e. The minimum Gasteiger partial charge on any atom is -0.377 e. The van der Waals surface area contributed by atoms with Crippen LogP contribution in [0.25, 0.3) is 10.8 Å². The fourth-order valence-electron chi connectivity index (χ4n) is 2.99. The van der Waals surface area contributed by atoms with E-state index in [1.54, 1.807) is 0 Å². The fraction of sp³-hybridized carbons (Fsp3) is 0.353. The van der Waals surface area contributed by atoms with E-state index in [0.717, 1.165) is 29.2 Å². The molecule has 2 aromatic rings. The molecule has 1 fully saturated rings. The Morgan fingerprint density at radius 3 is 2.84 bits per heavy atom. The number of fused-ring (bicyclic) bond motifs is 1. The number of benzene rings is 2. The fourth-order valence-corrected chi connectivity index (χ4v) is 2.99. The van der Waals surface area contributed by atoms with Gasteiger partial charge in [0.1, 0.15) is 0 Å². The summed E-state index contributed by atoms with van der Waals surface area (Å²) in [7, 11) is 0. The Kier molecular flexibility index (Phi) is 3.34. The maximum atomic E-state index is 12.8. The molecule has 0 radical (unpaired) electrons. The number of carbonyl (C=O) groups is 1. The van der Waals surface area contributed by atoms with E-state index >= 15 is 0 Å². The van der Waals surface area contributed by atoms with Gasteiger partial charge in [-0.15, -0.1) is 0 Å². The van der Waals surface area contributed by atoms with Crippen molar-refractivity contribution >= 4 is 16.6 Å². The SMILES string of the molecule is CCC1OCCC1C(=O)c1cccc2ccccc12. The highest BCUT2D eigenvalue weighted by atomic mass is 16.5. The molecule has 1 aliphatic heterocycles. The molecule has 3 rings (SSSR count). The summed E-state index contributed by atoms with van der Waals surface area (Å²) in [5.41, 5.74) is 0.840. The van der Waals surface area contributed by atoms with E-state index in [9.17, 15) is 4.79 Å². The zero-order chi connectivity index (χ0) is 13.2. The van der Waals surface area contributed by atoms with Gasteiger partial charge in [-0.1, -0.05) is 49.4 Å². The van der Waals surface area contributed by atoms with Gasteiger partial charge in [-0.2, -0.15) is 0 Å². The molecule has 0 saturated carbocycles. The first kappa shape index (κ1) is 12.4. The monoisotopic (exact) mass is 254 g/mol. The lowest BCUT2D eigenvalue weighted by atomic mass is 9.88. The Morgan fingerprint density at radius 1 is 1.21 bits per heavy atom. The molecular formula is C17H18O2. The highest BCUT2D eigenvalue weighted by Crippen LogP contribution is 2.29. The van der Waals surface area contributed by atoms with Gasteiger partial charge in [0.2, 0.25) is 0 Å². The minimum absolute atomic E-state index is 0.0239. The molecule has 0 aliphatic carbocycles. The van der Waals surface area contributed by atoms with Crippen LogP contribution in [-0.2, 0) is 4.74 Å². The second-order valence-electron chi connectivity index (χ2n) is 5.10. The molecule has 0 amide bonds. The van der Waals surface area contributed by atoms with Gasteiger partial charge in [0.25, 0.3) is 0 Å². The second kappa shape index (κ2) is 5.14. The van der Waals surface area contributed by atoms with Gasteiger partial charge in [-0.05, 0) is 23.6 Å². The van der Waals surface area contributed by atoms with E-state index < -0.39 is 0 Å².